The van der Waals surface area contributed by atoms with E-state index in [9.17, 15) is 9.90 Å². The summed E-state index contributed by atoms with van der Waals surface area (Å²) < 4.78 is 1.93. The van der Waals surface area contributed by atoms with Crippen molar-refractivity contribution in [2.75, 3.05) is 0 Å². The highest BCUT2D eigenvalue weighted by Crippen LogP contribution is 2.66. The Labute approximate surface area is 174 Å². The van der Waals surface area contributed by atoms with Gasteiger partial charge in [-0.15, -0.1) is 0 Å². The van der Waals surface area contributed by atoms with Crippen LogP contribution in [0.4, 0.5) is 0 Å². The van der Waals surface area contributed by atoms with Crippen molar-refractivity contribution in [2.24, 2.45) is 34.5 Å². The molecule has 4 aliphatic carbocycles. The maximum Gasteiger partial charge on any atom is 0.165 e. The first-order valence-corrected chi connectivity index (χ1v) is 11.8. The minimum Gasteiger partial charge on any atom is -0.393 e. The van der Waals surface area contributed by atoms with Gasteiger partial charge in [0.25, 0.3) is 0 Å². The van der Waals surface area contributed by atoms with Crippen LogP contribution in [-0.2, 0) is 11.3 Å². The molecule has 4 heteroatoms. The summed E-state index contributed by atoms with van der Waals surface area (Å²) in [6, 6.07) is 0. The molecule has 0 saturated heterocycles. The van der Waals surface area contributed by atoms with E-state index >= 15 is 0 Å². The summed E-state index contributed by atoms with van der Waals surface area (Å²) >= 11 is 0. The van der Waals surface area contributed by atoms with Gasteiger partial charge in [-0.05, 0) is 99.0 Å². The molecular weight excluding hydrogens is 360 g/mol. The Balaban J connectivity index is 1.43. The number of allylic oxidation sites excluding steroid dienone is 1. The highest BCUT2D eigenvalue weighted by molar-refractivity contribution is 6.05. The number of ketones is 1. The molecule has 0 radical (unpaired) electrons. The number of carbonyl (C=O) groups is 1. The number of hydrogen-bond acceptors (Lipinski definition) is 3. The van der Waals surface area contributed by atoms with E-state index in [-0.39, 0.29) is 11.5 Å². The van der Waals surface area contributed by atoms with Crippen molar-refractivity contribution in [2.45, 2.75) is 84.8 Å². The third-order valence-corrected chi connectivity index (χ3v) is 9.60. The van der Waals surface area contributed by atoms with E-state index in [4.69, 9.17) is 0 Å². The second kappa shape index (κ2) is 6.80. The number of hydrogen-bond donors (Lipinski definition) is 1. The summed E-state index contributed by atoms with van der Waals surface area (Å²) in [5.41, 5.74) is 2.28. The van der Waals surface area contributed by atoms with E-state index < -0.39 is 0 Å². The molecule has 158 valence electrons. The monoisotopic (exact) mass is 396 g/mol. The van der Waals surface area contributed by atoms with Crippen molar-refractivity contribution in [3.63, 3.8) is 0 Å². The zero-order chi connectivity index (χ0) is 20.4. The van der Waals surface area contributed by atoms with Gasteiger partial charge in [-0.25, -0.2) is 0 Å². The predicted molar refractivity (Wildman–Crippen MR) is 114 cm³/mol. The van der Waals surface area contributed by atoms with Crippen molar-refractivity contribution in [1.82, 2.24) is 9.78 Å². The van der Waals surface area contributed by atoms with Gasteiger partial charge in [0.2, 0.25) is 0 Å². The van der Waals surface area contributed by atoms with Crippen molar-refractivity contribution in [1.29, 1.82) is 0 Å². The Bertz CT molecular complexity index is 842. The van der Waals surface area contributed by atoms with Crippen LogP contribution >= 0.6 is 0 Å². The van der Waals surface area contributed by atoms with E-state index in [1.807, 2.05) is 17.1 Å². The molecule has 0 amide bonds. The quantitative estimate of drug-likeness (QED) is 0.726. The normalized spacial score (nSPS) is 45.7. The molecule has 1 aromatic rings. The molecule has 1 N–H and O–H groups in total. The second-order valence-electron chi connectivity index (χ2n) is 10.9. The van der Waals surface area contributed by atoms with Crippen molar-refractivity contribution < 1.29 is 9.90 Å². The summed E-state index contributed by atoms with van der Waals surface area (Å²) in [6.07, 6.45) is 14.7. The lowest BCUT2D eigenvalue weighted by Crippen LogP contribution is -2.54. The highest BCUT2D eigenvalue weighted by atomic mass is 16.3. The molecule has 4 fully saturated rings. The molecule has 29 heavy (non-hydrogen) atoms. The topological polar surface area (TPSA) is 55.1 Å². The van der Waals surface area contributed by atoms with Gasteiger partial charge >= 0.3 is 0 Å². The predicted octanol–water partition coefficient (Wildman–Crippen LogP) is 4.87. The molecule has 0 unspecified atom stereocenters. The van der Waals surface area contributed by atoms with E-state index in [2.05, 4.69) is 31.9 Å². The molecular formula is C25H36N2O2. The van der Waals surface area contributed by atoms with Crippen LogP contribution in [0.25, 0.3) is 6.08 Å². The summed E-state index contributed by atoms with van der Waals surface area (Å²) in [5, 5.41) is 14.6. The van der Waals surface area contributed by atoms with E-state index in [1.165, 1.54) is 19.3 Å². The summed E-state index contributed by atoms with van der Waals surface area (Å²) in [5.74, 6) is 2.95. The largest absolute Gasteiger partial charge is 0.393 e. The Hall–Kier alpha value is -1.42. The van der Waals surface area contributed by atoms with Crippen LogP contribution in [0.5, 0.6) is 0 Å². The molecule has 4 nitrogen and oxygen atoms in total. The Morgan fingerprint density at radius 1 is 1.21 bits per heavy atom. The van der Waals surface area contributed by atoms with Crippen molar-refractivity contribution in [3.05, 3.63) is 23.5 Å². The summed E-state index contributed by atoms with van der Waals surface area (Å²) in [6.45, 7) is 7.71. The fraction of sp³-hybridized carbons (Fsp3) is 0.760. The smallest absolute Gasteiger partial charge is 0.165 e. The number of aliphatic hydroxyl groups is 1. The molecule has 0 aliphatic heterocycles. The molecule has 0 spiro atoms. The van der Waals surface area contributed by atoms with Crippen LogP contribution in [0, 0.1) is 34.5 Å². The van der Waals surface area contributed by atoms with Gasteiger partial charge in [0.1, 0.15) is 0 Å². The number of fused-ring (bicyclic) bond motifs is 5. The van der Waals surface area contributed by atoms with Crippen molar-refractivity contribution in [3.8, 4) is 0 Å². The second-order valence-corrected chi connectivity index (χ2v) is 10.9. The maximum absolute atomic E-state index is 13.5. The Kier molecular flexibility index (Phi) is 4.58. The van der Waals surface area contributed by atoms with Crippen LogP contribution in [0.2, 0.25) is 0 Å². The van der Waals surface area contributed by atoms with Crippen LogP contribution in [-0.4, -0.2) is 26.8 Å². The Morgan fingerprint density at radius 3 is 2.79 bits per heavy atom. The summed E-state index contributed by atoms with van der Waals surface area (Å²) in [4.78, 5) is 13.5. The maximum atomic E-state index is 13.5. The number of aliphatic hydroxyl groups excluding tert-OH is 1. The SMILES string of the molecule is CCn1cc(/C=C2\C[C@@H]3[C@H]4CC[C@H]5C[C@@H](O)CC[C@]5(C)[C@@H]4CC[C@@]3(C)C2=O)cn1. The zero-order valence-electron chi connectivity index (χ0n) is 18.2. The van der Waals surface area contributed by atoms with Gasteiger partial charge in [-0.3, -0.25) is 9.48 Å². The first-order valence-electron chi connectivity index (χ1n) is 11.8. The number of carbonyl (C=O) groups excluding carboxylic acids is 1. The van der Waals surface area contributed by atoms with Gasteiger partial charge in [0, 0.05) is 23.7 Å². The average molecular weight is 397 g/mol. The van der Waals surface area contributed by atoms with Gasteiger partial charge in [-0.2, -0.15) is 5.10 Å². The molecule has 4 saturated carbocycles. The molecule has 5 rings (SSSR count). The average Bonchev–Trinajstić information content (AvgIpc) is 3.26. The van der Waals surface area contributed by atoms with Crippen LogP contribution in [0.15, 0.2) is 18.0 Å². The first kappa shape index (κ1) is 19.5. The minimum atomic E-state index is -0.175. The molecule has 4 aliphatic rings. The van der Waals surface area contributed by atoms with Crippen LogP contribution in [0.3, 0.4) is 0 Å². The number of aryl methyl sites for hydroxylation is 1. The molecule has 7 atom stereocenters. The van der Waals surface area contributed by atoms with Crippen molar-refractivity contribution >= 4 is 11.9 Å². The van der Waals surface area contributed by atoms with Crippen LogP contribution in [0.1, 0.15) is 77.7 Å². The third-order valence-electron chi connectivity index (χ3n) is 9.60. The lowest BCUT2D eigenvalue weighted by atomic mass is 9.45. The summed E-state index contributed by atoms with van der Waals surface area (Å²) in [7, 11) is 0. The standard InChI is InChI=1S/C25H36N2O2/c1-4-27-15-16(14-26-27)11-17-12-22-20-6-5-18-13-19(28)7-9-24(18,2)21(20)8-10-25(22,3)23(17)29/h11,14-15,18-22,28H,4-10,12-13H2,1-3H3/b17-11+/t18-,19-,20-,21+,22+,24-,25+/m0/s1. The van der Waals surface area contributed by atoms with Gasteiger partial charge < -0.3 is 5.11 Å². The van der Waals surface area contributed by atoms with Gasteiger partial charge in [0.05, 0.1) is 12.3 Å². The number of Topliss-reactive ketones (excluding diaryl/α,β-unsaturated/α-hetero) is 1. The van der Waals surface area contributed by atoms with Gasteiger partial charge in [-0.1, -0.05) is 13.8 Å². The molecule has 1 heterocycles. The van der Waals surface area contributed by atoms with Crippen LogP contribution < -0.4 is 0 Å². The number of rotatable bonds is 2. The fourth-order valence-electron chi connectivity index (χ4n) is 7.86. The highest BCUT2D eigenvalue weighted by Gasteiger charge is 2.61. The Morgan fingerprint density at radius 2 is 2.03 bits per heavy atom. The molecule has 0 aromatic carbocycles. The minimum absolute atomic E-state index is 0.0925. The lowest BCUT2D eigenvalue weighted by Gasteiger charge is -2.59. The van der Waals surface area contributed by atoms with E-state index in [1.54, 1.807) is 0 Å². The number of nitrogens with zero attached hydrogens (tertiary/aromatic N) is 2. The third kappa shape index (κ3) is 2.89. The zero-order valence-corrected chi connectivity index (χ0v) is 18.2. The van der Waals surface area contributed by atoms with E-state index in [0.717, 1.165) is 55.7 Å². The van der Waals surface area contributed by atoms with Gasteiger partial charge in [0.15, 0.2) is 5.78 Å². The molecule has 1 aromatic heterocycles. The lowest BCUT2D eigenvalue weighted by molar-refractivity contribution is -0.141. The molecule has 0 bridgehead atoms. The number of aromatic nitrogens is 2. The fourth-order valence-corrected chi connectivity index (χ4v) is 7.86. The van der Waals surface area contributed by atoms with E-state index in [0.29, 0.717) is 29.0 Å². The first-order chi connectivity index (χ1) is 13.8.